The van der Waals surface area contributed by atoms with E-state index in [0.717, 1.165) is 10.9 Å². The number of hydrogen-bond acceptors (Lipinski definition) is 1. The van der Waals surface area contributed by atoms with Crippen molar-refractivity contribution in [2.75, 3.05) is 0 Å². The summed E-state index contributed by atoms with van der Waals surface area (Å²) in [5.74, 6) is -0.321. The van der Waals surface area contributed by atoms with Crippen LogP contribution in [0.1, 0.15) is 33.3 Å². The topological polar surface area (TPSA) is 12.9 Å². The van der Waals surface area contributed by atoms with Gasteiger partial charge in [-0.2, -0.15) is 0 Å². The van der Waals surface area contributed by atoms with Gasteiger partial charge in [0, 0.05) is 22.8 Å². The fourth-order valence-corrected chi connectivity index (χ4v) is 1.54. The van der Waals surface area contributed by atoms with E-state index < -0.39 is 0 Å². The Kier molecular flexibility index (Phi) is 7.47. The first-order valence-electron chi connectivity index (χ1n) is 5.88. The minimum absolute atomic E-state index is 0.321. The van der Waals surface area contributed by atoms with Crippen LogP contribution >= 0.6 is 11.6 Å². The fraction of sp³-hybridized carbons (Fsp3) is 0.357. The van der Waals surface area contributed by atoms with Gasteiger partial charge in [-0.25, -0.2) is 4.39 Å². The smallest absolute Gasteiger partial charge is 0.134 e. The summed E-state index contributed by atoms with van der Waals surface area (Å²) in [6.07, 6.45) is 3.20. The van der Waals surface area contributed by atoms with E-state index in [-0.39, 0.29) is 5.82 Å². The van der Waals surface area contributed by atoms with Gasteiger partial charge in [0.25, 0.3) is 0 Å². The van der Waals surface area contributed by atoms with Crippen molar-refractivity contribution >= 4 is 22.4 Å². The summed E-state index contributed by atoms with van der Waals surface area (Å²) in [7, 11) is 0. The predicted molar refractivity (Wildman–Crippen MR) is 74.1 cm³/mol. The van der Waals surface area contributed by atoms with Crippen LogP contribution in [0.4, 0.5) is 4.39 Å². The molecule has 2 aromatic rings. The summed E-state index contributed by atoms with van der Waals surface area (Å²) in [5, 5.41) is 1.75. The third kappa shape index (κ3) is 3.97. The predicted octanol–water partition coefficient (Wildman–Crippen LogP) is 5.39. The van der Waals surface area contributed by atoms with E-state index in [9.17, 15) is 4.39 Å². The molecule has 0 aliphatic heterocycles. The van der Waals surface area contributed by atoms with Crippen LogP contribution in [0.5, 0.6) is 0 Å². The first-order chi connectivity index (χ1) is 8.18. The van der Waals surface area contributed by atoms with Crippen molar-refractivity contribution in [3.63, 3.8) is 0 Å². The van der Waals surface area contributed by atoms with Crippen molar-refractivity contribution in [2.45, 2.75) is 34.6 Å². The molecule has 0 unspecified atom stereocenters. The SMILES string of the molecule is CC.CC.Cc1cncc2c(F)cc(Cl)cc12. The molecule has 2 rings (SSSR count). The van der Waals surface area contributed by atoms with Gasteiger partial charge in [-0.15, -0.1) is 0 Å². The molecule has 0 saturated carbocycles. The second kappa shape index (κ2) is 8.02. The molecule has 0 atom stereocenters. The van der Waals surface area contributed by atoms with Gasteiger partial charge in [-0.3, -0.25) is 4.98 Å². The minimum atomic E-state index is -0.321. The molecule has 1 nitrogen and oxygen atoms in total. The van der Waals surface area contributed by atoms with E-state index in [4.69, 9.17) is 11.6 Å². The Morgan fingerprint density at radius 3 is 2.18 bits per heavy atom. The Morgan fingerprint density at radius 2 is 1.59 bits per heavy atom. The van der Waals surface area contributed by atoms with Gasteiger partial charge >= 0.3 is 0 Å². The lowest BCUT2D eigenvalue weighted by Crippen LogP contribution is -1.85. The van der Waals surface area contributed by atoms with Crippen LogP contribution in [-0.2, 0) is 0 Å². The van der Waals surface area contributed by atoms with Crippen molar-refractivity contribution in [1.29, 1.82) is 0 Å². The number of aromatic nitrogens is 1. The van der Waals surface area contributed by atoms with Crippen molar-refractivity contribution in [1.82, 2.24) is 4.98 Å². The van der Waals surface area contributed by atoms with Crippen LogP contribution in [0.3, 0.4) is 0 Å². The minimum Gasteiger partial charge on any atom is -0.264 e. The zero-order chi connectivity index (χ0) is 13.4. The van der Waals surface area contributed by atoms with Gasteiger partial charge in [-0.05, 0) is 30.0 Å². The monoisotopic (exact) mass is 255 g/mol. The van der Waals surface area contributed by atoms with E-state index in [0.29, 0.717) is 10.4 Å². The van der Waals surface area contributed by atoms with Gasteiger partial charge in [0.1, 0.15) is 5.82 Å². The van der Waals surface area contributed by atoms with Gasteiger partial charge in [-0.1, -0.05) is 39.3 Å². The average molecular weight is 256 g/mol. The normalized spacial score (nSPS) is 8.88. The molecule has 94 valence electrons. The van der Waals surface area contributed by atoms with Crippen LogP contribution in [0.15, 0.2) is 24.5 Å². The summed E-state index contributed by atoms with van der Waals surface area (Å²) in [4.78, 5) is 3.92. The molecular weight excluding hydrogens is 237 g/mol. The highest BCUT2D eigenvalue weighted by Gasteiger charge is 2.04. The second-order valence-corrected chi connectivity index (χ2v) is 3.38. The number of benzene rings is 1. The Bertz CT molecular complexity index is 469. The Hall–Kier alpha value is -1.15. The summed E-state index contributed by atoms with van der Waals surface area (Å²) in [6, 6.07) is 3.04. The highest BCUT2D eigenvalue weighted by molar-refractivity contribution is 6.31. The molecule has 0 bridgehead atoms. The number of fused-ring (bicyclic) bond motifs is 1. The van der Waals surface area contributed by atoms with Crippen LogP contribution < -0.4 is 0 Å². The molecule has 0 aliphatic rings. The first-order valence-corrected chi connectivity index (χ1v) is 6.25. The molecule has 0 radical (unpaired) electrons. The number of halogens is 2. The first kappa shape index (κ1) is 15.9. The maximum atomic E-state index is 13.3. The van der Waals surface area contributed by atoms with E-state index >= 15 is 0 Å². The van der Waals surface area contributed by atoms with Gasteiger partial charge < -0.3 is 0 Å². The molecule has 0 N–H and O–H groups in total. The molecule has 17 heavy (non-hydrogen) atoms. The molecular formula is C14H19ClFN. The van der Waals surface area contributed by atoms with Crippen LogP contribution in [-0.4, -0.2) is 4.98 Å². The molecule has 0 spiro atoms. The van der Waals surface area contributed by atoms with E-state index in [1.165, 1.54) is 12.3 Å². The average Bonchev–Trinajstić information content (AvgIpc) is 2.36. The third-order valence-corrected chi connectivity index (χ3v) is 2.21. The van der Waals surface area contributed by atoms with Crippen molar-refractivity contribution in [3.8, 4) is 0 Å². The maximum absolute atomic E-state index is 13.3. The second-order valence-electron chi connectivity index (χ2n) is 2.94. The highest BCUT2D eigenvalue weighted by atomic mass is 35.5. The molecule has 1 aromatic heterocycles. The van der Waals surface area contributed by atoms with Crippen LogP contribution in [0.25, 0.3) is 10.8 Å². The largest absolute Gasteiger partial charge is 0.264 e. The van der Waals surface area contributed by atoms with Gasteiger partial charge in [0.05, 0.1) is 0 Å². The standard InChI is InChI=1S/C10H7ClFN.2C2H6/c1-6-4-13-5-9-8(6)2-7(11)3-10(9)12;2*1-2/h2-5H,1H3;2*1-2H3. The number of pyridine rings is 1. The summed E-state index contributed by atoms with van der Waals surface area (Å²) < 4.78 is 13.3. The Balaban J connectivity index is 0.000000581. The molecule has 3 heteroatoms. The fourth-order valence-electron chi connectivity index (χ4n) is 1.34. The summed E-state index contributed by atoms with van der Waals surface area (Å²) in [5.41, 5.74) is 0.930. The maximum Gasteiger partial charge on any atom is 0.134 e. The highest BCUT2D eigenvalue weighted by Crippen LogP contribution is 2.24. The van der Waals surface area contributed by atoms with Gasteiger partial charge in [0.15, 0.2) is 0 Å². The van der Waals surface area contributed by atoms with Crippen molar-refractivity contribution in [3.05, 3.63) is 40.9 Å². The third-order valence-electron chi connectivity index (χ3n) is 1.99. The van der Waals surface area contributed by atoms with E-state index in [2.05, 4.69) is 4.98 Å². The zero-order valence-corrected chi connectivity index (χ0v) is 11.8. The lowest BCUT2D eigenvalue weighted by Gasteiger charge is -2.02. The number of rotatable bonds is 0. The molecule has 1 heterocycles. The number of aryl methyl sites for hydroxylation is 1. The molecule has 0 amide bonds. The zero-order valence-electron chi connectivity index (χ0n) is 11.0. The summed E-state index contributed by atoms with van der Waals surface area (Å²) >= 11 is 5.74. The van der Waals surface area contributed by atoms with E-state index in [1.54, 1.807) is 12.3 Å². The number of hydrogen-bond donors (Lipinski definition) is 0. The Labute approximate surface area is 108 Å². The van der Waals surface area contributed by atoms with Gasteiger partial charge in [0.2, 0.25) is 0 Å². The molecule has 1 aromatic carbocycles. The Morgan fingerprint density at radius 1 is 1.00 bits per heavy atom. The van der Waals surface area contributed by atoms with E-state index in [1.807, 2.05) is 34.6 Å². The van der Waals surface area contributed by atoms with Crippen LogP contribution in [0, 0.1) is 12.7 Å². The molecule has 0 fully saturated rings. The quantitative estimate of drug-likeness (QED) is 0.615. The molecule has 0 aliphatic carbocycles. The lowest BCUT2D eigenvalue weighted by molar-refractivity contribution is 0.639. The van der Waals surface area contributed by atoms with Crippen molar-refractivity contribution in [2.24, 2.45) is 0 Å². The van der Waals surface area contributed by atoms with Crippen LogP contribution in [0.2, 0.25) is 5.02 Å². The van der Waals surface area contributed by atoms with Crippen molar-refractivity contribution < 1.29 is 4.39 Å². The number of nitrogens with zero attached hydrogens (tertiary/aromatic N) is 1. The summed E-state index contributed by atoms with van der Waals surface area (Å²) in [6.45, 7) is 9.88. The lowest BCUT2D eigenvalue weighted by atomic mass is 10.1. The molecule has 0 saturated heterocycles.